The lowest BCUT2D eigenvalue weighted by atomic mass is 9.87. The number of halogens is 1. The first-order chi connectivity index (χ1) is 8.16. The maximum atomic E-state index is 6.21. The number of rotatable bonds is 4. The van der Waals surface area contributed by atoms with Crippen molar-refractivity contribution in [3.8, 4) is 5.75 Å². The van der Waals surface area contributed by atoms with Crippen LogP contribution in [0, 0.1) is 0 Å². The van der Waals surface area contributed by atoms with Gasteiger partial charge in [0.15, 0.2) is 0 Å². The molecule has 102 valence electrons. The third-order valence-corrected chi connectivity index (χ3v) is 4.28. The molecule has 0 heterocycles. The molecule has 0 N–H and O–H groups in total. The molecule has 1 aromatic rings. The molecule has 0 bridgehead atoms. The van der Waals surface area contributed by atoms with Crippen LogP contribution in [0.4, 0.5) is 0 Å². The van der Waals surface area contributed by atoms with Crippen LogP contribution in [0.2, 0.25) is 0 Å². The molecule has 0 fully saturated rings. The summed E-state index contributed by atoms with van der Waals surface area (Å²) < 4.78 is 5.94. The summed E-state index contributed by atoms with van der Waals surface area (Å²) in [6.07, 6.45) is 0. The number of hydrogen-bond donors (Lipinski definition) is 1. The van der Waals surface area contributed by atoms with Crippen molar-refractivity contribution in [1.82, 2.24) is 0 Å². The zero-order valence-electron chi connectivity index (χ0n) is 11.8. The lowest BCUT2D eigenvalue weighted by molar-refractivity contribution is 0.110. The van der Waals surface area contributed by atoms with Gasteiger partial charge in [0.25, 0.3) is 0 Å². The molecule has 0 aliphatic heterocycles. The van der Waals surface area contributed by atoms with Gasteiger partial charge in [0.2, 0.25) is 0 Å². The Morgan fingerprint density at radius 1 is 1.11 bits per heavy atom. The molecule has 1 atom stereocenters. The fraction of sp³-hybridized carbons (Fsp3) is 0.600. The van der Waals surface area contributed by atoms with Crippen LogP contribution < -0.4 is 4.74 Å². The van der Waals surface area contributed by atoms with Crippen LogP contribution in [0.25, 0.3) is 0 Å². The third-order valence-electron chi connectivity index (χ3n) is 3.02. The van der Waals surface area contributed by atoms with Crippen molar-refractivity contribution in [1.29, 1.82) is 0 Å². The van der Waals surface area contributed by atoms with Crippen molar-refractivity contribution < 1.29 is 4.74 Å². The minimum Gasteiger partial charge on any atom is -0.486 e. The van der Waals surface area contributed by atoms with Crippen LogP contribution in [0.1, 0.15) is 40.2 Å². The summed E-state index contributed by atoms with van der Waals surface area (Å²) in [5.41, 5.74) is 1.03. The molecule has 0 saturated carbocycles. The molecule has 18 heavy (non-hydrogen) atoms. The van der Waals surface area contributed by atoms with Crippen LogP contribution in [-0.4, -0.2) is 16.7 Å². The Labute approximate surface area is 121 Å². The van der Waals surface area contributed by atoms with Crippen LogP contribution in [-0.2, 0) is 5.41 Å². The fourth-order valence-electron chi connectivity index (χ4n) is 1.61. The Kier molecular flexibility index (Phi) is 5.02. The number of ether oxygens (including phenoxy) is 1. The summed E-state index contributed by atoms with van der Waals surface area (Å²) in [5, 5.41) is -0.122. The van der Waals surface area contributed by atoms with E-state index in [1.54, 1.807) is 0 Å². The fourth-order valence-corrected chi connectivity index (χ4v) is 2.09. The molecular weight excluding hydrogens is 264 g/mol. The van der Waals surface area contributed by atoms with Gasteiger partial charge in [0.05, 0.1) is 5.38 Å². The van der Waals surface area contributed by atoms with Crippen LogP contribution >= 0.6 is 24.2 Å². The van der Waals surface area contributed by atoms with Gasteiger partial charge in [-0.05, 0) is 37.0 Å². The van der Waals surface area contributed by atoms with Crippen LogP contribution in [0.15, 0.2) is 24.3 Å². The molecule has 1 aromatic carbocycles. The smallest absolute Gasteiger partial charge is 0.120 e. The van der Waals surface area contributed by atoms with Gasteiger partial charge in [-0.3, -0.25) is 0 Å². The first-order valence-electron chi connectivity index (χ1n) is 6.21. The van der Waals surface area contributed by atoms with Gasteiger partial charge in [-0.25, -0.2) is 0 Å². The second-order valence-electron chi connectivity index (χ2n) is 6.13. The summed E-state index contributed by atoms with van der Waals surface area (Å²) in [6.45, 7) is 10.6. The summed E-state index contributed by atoms with van der Waals surface area (Å²) in [5.74, 6) is 1.44. The Hall–Kier alpha value is -0.340. The first-order valence-corrected chi connectivity index (χ1v) is 7.28. The highest BCUT2D eigenvalue weighted by Gasteiger charge is 2.29. The second kappa shape index (κ2) is 5.75. The lowest BCUT2D eigenvalue weighted by Crippen LogP contribution is -2.39. The Bertz CT molecular complexity index is 378. The second-order valence-corrected chi connectivity index (χ2v) is 7.02. The standard InChI is InChI=1S/C15H23ClOS/c1-14(2,3)11-6-8-12(9-7-11)17-15(4,5)13(16)10-18/h6-9,13,18H,10H2,1-5H3. The minimum absolute atomic E-state index is 0.122. The monoisotopic (exact) mass is 286 g/mol. The SMILES string of the molecule is CC(C)(C)c1ccc(OC(C)(C)C(Cl)CS)cc1. The molecule has 1 unspecified atom stereocenters. The summed E-state index contributed by atoms with van der Waals surface area (Å²) >= 11 is 10.4. The van der Waals surface area contributed by atoms with E-state index in [1.807, 2.05) is 26.0 Å². The van der Waals surface area contributed by atoms with Gasteiger partial charge in [0.1, 0.15) is 11.4 Å². The molecule has 1 rings (SSSR count). The molecular formula is C15H23ClOS. The Balaban J connectivity index is 2.81. The minimum atomic E-state index is -0.424. The third kappa shape index (κ3) is 4.10. The van der Waals surface area contributed by atoms with Crippen molar-refractivity contribution >= 4 is 24.2 Å². The van der Waals surface area contributed by atoms with E-state index < -0.39 is 5.60 Å². The summed E-state index contributed by atoms with van der Waals surface area (Å²) in [4.78, 5) is 0. The Morgan fingerprint density at radius 2 is 1.61 bits per heavy atom. The molecule has 3 heteroatoms. The number of alkyl halides is 1. The predicted molar refractivity (Wildman–Crippen MR) is 83.3 cm³/mol. The molecule has 1 nitrogen and oxygen atoms in total. The maximum absolute atomic E-state index is 6.21. The molecule has 0 saturated heterocycles. The topological polar surface area (TPSA) is 9.23 Å². The van der Waals surface area contributed by atoms with E-state index in [-0.39, 0.29) is 10.8 Å². The molecule has 0 amide bonds. The van der Waals surface area contributed by atoms with Crippen molar-refractivity contribution in [3.63, 3.8) is 0 Å². The van der Waals surface area contributed by atoms with E-state index in [4.69, 9.17) is 16.3 Å². The van der Waals surface area contributed by atoms with Crippen molar-refractivity contribution in [2.45, 2.75) is 51.0 Å². The van der Waals surface area contributed by atoms with Crippen LogP contribution in [0.3, 0.4) is 0 Å². The highest BCUT2D eigenvalue weighted by molar-refractivity contribution is 7.80. The van der Waals surface area contributed by atoms with E-state index in [2.05, 4.69) is 45.5 Å². The van der Waals surface area contributed by atoms with Gasteiger partial charge in [-0.1, -0.05) is 32.9 Å². The van der Waals surface area contributed by atoms with E-state index >= 15 is 0 Å². The largest absolute Gasteiger partial charge is 0.486 e. The van der Waals surface area contributed by atoms with Crippen molar-refractivity contribution in [3.05, 3.63) is 29.8 Å². The summed E-state index contributed by atoms with van der Waals surface area (Å²) in [6, 6.07) is 8.22. The van der Waals surface area contributed by atoms with Gasteiger partial charge >= 0.3 is 0 Å². The van der Waals surface area contributed by atoms with Gasteiger partial charge in [-0.2, -0.15) is 12.6 Å². The molecule has 0 aliphatic rings. The highest BCUT2D eigenvalue weighted by Crippen LogP contribution is 2.28. The normalized spacial score (nSPS) is 14.4. The van der Waals surface area contributed by atoms with Crippen molar-refractivity contribution in [2.24, 2.45) is 0 Å². The molecule has 0 spiro atoms. The lowest BCUT2D eigenvalue weighted by Gasteiger charge is -2.30. The van der Waals surface area contributed by atoms with E-state index in [9.17, 15) is 0 Å². The maximum Gasteiger partial charge on any atom is 0.120 e. The Morgan fingerprint density at radius 3 is 2.00 bits per heavy atom. The molecule has 0 radical (unpaired) electrons. The van der Waals surface area contributed by atoms with Gasteiger partial charge in [-0.15, -0.1) is 11.6 Å². The zero-order valence-corrected chi connectivity index (χ0v) is 13.5. The molecule has 0 aromatic heterocycles. The average Bonchev–Trinajstić information content (AvgIpc) is 2.26. The number of hydrogen-bond acceptors (Lipinski definition) is 2. The zero-order chi connectivity index (χ0) is 14.0. The van der Waals surface area contributed by atoms with Gasteiger partial charge in [0, 0.05) is 5.75 Å². The highest BCUT2D eigenvalue weighted by atomic mass is 35.5. The van der Waals surface area contributed by atoms with E-state index in [1.165, 1.54) is 5.56 Å². The van der Waals surface area contributed by atoms with E-state index in [0.717, 1.165) is 5.75 Å². The summed E-state index contributed by atoms with van der Waals surface area (Å²) in [7, 11) is 0. The number of benzene rings is 1. The first kappa shape index (κ1) is 15.7. The predicted octanol–water partition coefficient (Wildman–Crippen LogP) is 4.68. The average molecular weight is 287 g/mol. The number of thiol groups is 1. The molecule has 0 aliphatic carbocycles. The van der Waals surface area contributed by atoms with Crippen LogP contribution in [0.5, 0.6) is 5.75 Å². The van der Waals surface area contributed by atoms with Crippen molar-refractivity contribution in [2.75, 3.05) is 5.75 Å². The quantitative estimate of drug-likeness (QED) is 0.625. The van der Waals surface area contributed by atoms with E-state index in [0.29, 0.717) is 5.75 Å². The van der Waals surface area contributed by atoms with Gasteiger partial charge < -0.3 is 4.74 Å².